The highest BCUT2D eigenvalue weighted by Gasteiger charge is 2.32. The van der Waals surface area contributed by atoms with Crippen molar-refractivity contribution in [2.75, 3.05) is 0 Å². The minimum absolute atomic E-state index is 0.113. The third-order valence-electron chi connectivity index (χ3n) is 4.35. The molecule has 3 nitrogen and oxygen atoms in total. The summed E-state index contributed by atoms with van der Waals surface area (Å²) in [7, 11) is 0. The zero-order valence-corrected chi connectivity index (χ0v) is 15.9. The van der Waals surface area contributed by atoms with Crippen LogP contribution in [0.15, 0.2) is 39.0 Å². The predicted molar refractivity (Wildman–Crippen MR) is 99.7 cm³/mol. The van der Waals surface area contributed by atoms with Crippen molar-refractivity contribution in [2.24, 2.45) is 10.9 Å². The molecule has 1 N–H and O–H groups in total. The van der Waals surface area contributed by atoms with Crippen LogP contribution >= 0.6 is 45.8 Å². The third-order valence-corrected chi connectivity index (χ3v) is 5.99. The third kappa shape index (κ3) is 3.60. The van der Waals surface area contributed by atoms with E-state index in [0.717, 1.165) is 31.4 Å². The van der Waals surface area contributed by atoms with Gasteiger partial charge in [0, 0.05) is 19.5 Å². The summed E-state index contributed by atoms with van der Waals surface area (Å²) < 4.78 is 0.362. The van der Waals surface area contributed by atoms with E-state index < -0.39 is 0 Å². The molecule has 1 amide bonds. The molecule has 1 aliphatic heterocycles. The van der Waals surface area contributed by atoms with E-state index in [4.69, 9.17) is 23.2 Å². The molecule has 0 saturated heterocycles. The summed E-state index contributed by atoms with van der Waals surface area (Å²) in [5.74, 6) is -0.244. The van der Waals surface area contributed by atoms with Crippen LogP contribution in [0.2, 0.25) is 0 Å². The highest BCUT2D eigenvalue weighted by atomic mass is 127. The molecule has 6 heteroatoms. The van der Waals surface area contributed by atoms with E-state index in [1.807, 2.05) is 6.08 Å². The lowest BCUT2D eigenvalue weighted by molar-refractivity contribution is -0.118. The number of halogens is 3. The summed E-state index contributed by atoms with van der Waals surface area (Å²) in [4.78, 5) is 16.8. The van der Waals surface area contributed by atoms with Crippen molar-refractivity contribution < 1.29 is 4.79 Å². The molecule has 1 atom stereocenters. The number of carbonyl (C=O) groups excluding carboxylic acids is 1. The van der Waals surface area contributed by atoms with E-state index in [2.05, 4.69) is 39.8 Å². The Balaban J connectivity index is 1.65. The predicted octanol–water partition coefficient (Wildman–Crippen LogP) is 4.45. The number of fused-ring (bicyclic) bond motifs is 1. The van der Waals surface area contributed by atoms with Crippen LogP contribution in [0, 0.1) is 5.92 Å². The molecule has 0 spiro atoms. The van der Waals surface area contributed by atoms with Crippen molar-refractivity contribution in [3.05, 3.63) is 34.0 Å². The maximum absolute atomic E-state index is 12.4. The zero-order chi connectivity index (χ0) is 15.9. The zero-order valence-electron chi connectivity index (χ0n) is 12.2. The number of allylic oxidation sites excluding steroid dienone is 5. The number of aliphatic imine (C=N–C) groups is 1. The van der Waals surface area contributed by atoms with Crippen molar-refractivity contribution >= 4 is 57.4 Å². The first-order valence-corrected chi connectivity index (χ1v) is 9.22. The Labute approximate surface area is 154 Å². The molecule has 1 unspecified atom stereocenters. The minimum atomic E-state index is -0.131. The van der Waals surface area contributed by atoms with Crippen LogP contribution in [-0.2, 0) is 4.79 Å². The average Bonchev–Trinajstić information content (AvgIpc) is 2.85. The van der Waals surface area contributed by atoms with Crippen LogP contribution in [0.5, 0.6) is 0 Å². The molecule has 3 rings (SSSR count). The topological polar surface area (TPSA) is 41.5 Å². The number of hydrogen-bond acceptors (Lipinski definition) is 2. The maximum atomic E-state index is 12.4. The van der Waals surface area contributed by atoms with Crippen molar-refractivity contribution in [1.82, 2.24) is 5.32 Å². The molecule has 1 saturated carbocycles. The highest BCUT2D eigenvalue weighted by molar-refractivity contribution is 14.1. The Morgan fingerprint density at radius 2 is 2.05 bits per heavy atom. The number of amides is 1. The molecule has 0 aromatic rings. The summed E-state index contributed by atoms with van der Waals surface area (Å²) >= 11 is 14.7. The molecule has 2 aliphatic carbocycles. The van der Waals surface area contributed by atoms with Crippen LogP contribution in [-0.4, -0.2) is 21.1 Å². The van der Waals surface area contributed by atoms with Crippen molar-refractivity contribution in [2.45, 2.75) is 42.1 Å². The number of hydrogen-bond donors (Lipinski definition) is 1. The second-order valence-corrected chi connectivity index (χ2v) is 9.76. The lowest BCUT2D eigenvalue weighted by Gasteiger charge is -2.33. The molecule has 22 heavy (non-hydrogen) atoms. The number of nitrogens with one attached hydrogen (secondary N) is 1. The molecule has 1 fully saturated rings. The highest BCUT2D eigenvalue weighted by Crippen LogP contribution is 2.36. The van der Waals surface area contributed by atoms with Crippen LogP contribution < -0.4 is 5.32 Å². The van der Waals surface area contributed by atoms with Gasteiger partial charge in [0.15, 0.2) is 0 Å². The normalized spacial score (nSPS) is 34.2. The molecule has 0 radical (unpaired) electrons. The van der Waals surface area contributed by atoms with E-state index >= 15 is 0 Å². The summed E-state index contributed by atoms with van der Waals surface area (Å²) in [6.07, 6.45) is 9.57. The fourth-order valence-electron chi connectivity index (χ4n) is 2.99. The molecular formula is C16H17Cl2IN2O. The van der Waals surface area contributed by atoms with E-state index in [1.54, 1.807) is 12.2 Å². The lowest BCUT2D eigenvalue weighted by atomic mass is 9.87. The van der Waals surface area contributed by atoms with Crippen molar-refractivity contribution in [3.63, 3.8) is 0 Å². The second-order valence-electron chi connectivity index (χ2n) is 6.29. The Bertz CT molecular complexity index is 624. The molecule has 1 heterocycles. The fraction of sp³-hybridized carbons (Fsp3) is 0.500. The van der Waals surface area contributed by atoms with Crippen LogP contribution in [0.1, 0.15) is 32.6 Å². The Morgan fingerprint density at radius 3 is 2.73 bits per heavy atom. The first-order valence-electron chi connectivity index (χ1n) is 7.38. The minimum Gasteiger partial charge on any atom is -0.348 e. The number of alkyl halides is 1. The lowest BCUT2D eigenvalue weighted by Crippen LogP contribution is -2.40. The summed E-state index contributed by atoms with van der Waals surface area (Å²) in [5.41, 5.74) is 1.18. The maximum Gasteiger partial charge on any atom is 0.269 e. The van der Waals surface area contributed by atoms with Crippen LogP contribution in [0.25, 0.3) is 0 Å². The number of carbonyl (C=O) groups is 1. The Hall–Kier alpha value is -0.330. The van der Waals surface area contributed by atoms with E-state index in [-0.39, 0.29) is 17.9 Å². The molecule has 0 aromatic heterocycles. The van der Waals surface area contributed by atoms with Gasteiger partial charge in [-0.2, -0.15) is 0 Å². The van der Waals surface area contributed by atoms with Gasteiger partial charge in [0.2, 0.25) is 0 Å². The summed E-state index contributed by atoms with van der Waals surface area (Å²) in [5, 5.41) is 4.25. The first-order chi connectivity index (χ1) is 10.3. The molecule has 3 aliphatic rings. The quantitative estimate of drug-likeness (QED) is 0.490. The van der Waals surface area contributed by atoms with Gasteiger partial charge in [-0.15, -0.1) is 0 Å². The van der Waals surface area contributed by atoms with E-state index in [9.17, 15) is 4.79 Å². The van der Waals surface area contributed by atoms with Gasteiger partial charge in [-0.05, 0) is 43.9 Å². The van der Waals surface area contributed by atoms with E-state index in [0.29, 0.717) is 19.2 Å². The number of rotatable bonds is 2. The average molecular weight is 451 g/mol. The second kappa shape index (κ2) is 6.29. The Morgan fingerprint density at radius 1 is 1.36 bits per heavy atom. The van der Waals surface area contributed by atoms with Gasteiger partial charge in [-0.25, -0.2) is 4.99 Å². The number of nitrogens with zero attached hydrogens (tertiary/aromatic N) is 1. The molecular weight excluding hydrogens is 434 g/mol. The molecule has 118 valence electrons. The standard InChI is InChI=1S/C16H17Cl2IN2O/c1-16(19)4-2-10(3-5-16)20-15(22)14-8-11-12(18)6-9(17)7-13(11)21-14/h6-8,10-11H,2-5H2,1H3,(H,20,22). The SMILES string of the molecule is CC1(I)CCC(NC(=O)C2=CC3C(Cl)=CC(Cl)=CC3=N2)CC1. The molecule has 0 bridgehead atoms. The largest absolute Gasteiger partial charge is 0.348 e. The van der Waals surface area contributed by atoms with Gasteiger partial charge in [0.1, 0.15) is 5.70 Å². The monoisotopic (exact) mass is 450 g/mol. The van der Waals surface area contributed by atoms with Gasteiger partial charge in [0.05, 0.1) is 11.6 Å². The Kier molecular flexibility index (Phi) is 4.72. The first kappa shape index (κ1) is 16.5. The summed E-state index contributed by atoms with van der Waals surface area (Å²) in [6, 6.07) is 0.240. The van der Waals surface area contributed by atoms with Gasteiger partial charge in [0.25, 0.3) is 5.91 Å². The van der Waals surface area contributed by atoms with Crippen LogP contribution in [0.3, 0.4) is 0 Å². The van der Waals surface area contributed by atoms with Crippen molar-refractivity contribution in [1.29, 1.82) is 0 Å². The van der Waals surface area contributed by atoms with Gasteiger partial charge < -0.3 is 5.32 Å². The van der Waals surface area contributed by atoms with E-state index in [1.165, 1.54) is 0 Å². The fourth-order valence-corrected chi connectivity index (χ4v) is 4.19. The van der Waals surface area contributed by atoms with Crippen LogP contribution in [0.4, 0.5) is 0 Å². The van der Waals surface area contributed by atoms with Gasteiger partial charge in [-0.1, -0.05) is 52.7 Å². The van der Waals surface area contributed by atoms with Gasteiger partial charge in [-0.3, -0.25) is 4.79 Å². The smallest absolute Gasteiger partial charge is 0.269 e. The van der Waals surface area contributed by atoms with Crippen molar-refractivity contribution in [3.8, 4) is 0 Å². The summed E-state index contributed by atoms with van der Waals surface area (Å²) in [6.45, 7) is 2.27. The van der Waals surface area contributed by atoms with Gasteiger partial charge >= 0.3 is 0 Å². The molecule has 0 aromatic carbocycles.